The van der Waals surface area contributed by atoms with E-state index in [-0.39, 0.29) is 0 Å². The molecule has 0 saturated heterocycles. The average Bonchev–Trinajstić information content (AvgIpc) is 2.92. The van der Waals surface area contributed by atoms with E-state index in [4.69, 9.17) is 0 Å². The molecule has 0 bridgehead atoms. The van der Waals surface area contributed by atoms with Gasteiger partial charge >= 0.3 is 0 Å². The van der Waals surface area contributed by atoms with E-state index in [0.29, 0.717) is 6.04 Å². The molecule has 1 atom stereocenters. The second-order valence-electron chi connectivity index (χ2n) is 4.90. The smallest absolute Gasteiger partial charge is 0.151 e. The normalized spacial score (nSPS) is 12.6. The van der Waals surface area contributed by atoms with E-state index in [9.17, 15) is 0 Å². The van der Waals surface area contributed by atoms with E-state index in [1.807, 2.05) is 11.7 Å². The van der Waals surface area contributed by atoms with Crippen molar-refractivity contribution < 1.29 is 0 Å². The van der Waals surface area contributed by atoms with Gasteiger partial charge in [-0.15, -0.1) is 0 Å². The Kier molecular flexibility index (Phi) is 4.90. The lowest BCUT2D eigenvalue weighted by atomic mass is 10.0. The van der Waals surface area contributed by atoms with Crippen LogP contribution in [0.2, 0.25) is 0 Å². The minimum atomic E-state index is 0.414. The Bertz CT molecular complexity index is 538. The summed E-state index contributed by atoms with van der Waals surface area (Å²) in [5.74, 6) is 1.93. The fraction of sp³-hybridized carbons (Fsp3) is 0.500. The van der Waals surface area contributed by atoms with Gasteiger partial charge in [0, 0.05) is 18.9 Å². The highest BCUT2D eigenvalue weighted by Crippen LogP contribution is 2.19. The maximum atomic E-state index is 4.57. The van der Waals surface area contributed by atoms with Gasteiger partial charge in [0.05, 0.1) is 5.69 Å². The number of hydrogen-bond donors (Lipinski definition) is 1. The molecule has 2 rings (SSSR count). The van der Waals surface area contributed by atoms with E-state index in [0.717, 1.165) is 36.6 Å². The van der Waals surface area contributed by atoms with Crippen molar-refractivity contribution in [1.82, 2.24) is 20.1 Å². The molecule has 0 aliphatic heterocycles. The summed E-state index contributed by atoms with van der Waals surface area (Å²) in [4.78, 5) is 4.55. The maximum absolute atomic E-state index is 4.57. The number of nitrogens with zero attached hydrogens (tertiary/aromatic N) is 3. The summed E-state index contributed by atoms with van der Waals surface area (Å²) in [6.45, 7) is 6.39. The lowest BCUT2D eigenvalue weighted by molar-refractivity contribution is 0.576. The molecule has 4 nitrogen and oxygen atoms in total. The molecular formula is C16H24N4. The van der Waals surface area contributed by atoms with Gasteiger partial charge in [0.2, 0.25) is 0 Å². The van der Waals surface area contributed by atoms with Crippen molar-refractivity contribution in [3.8, 4) is 5.69 Å². The SMILES string of the molecule is CCc1nc(CC)n(-c2ccc(C(CC)NC)cc2)n1. The number of aromatic nitrogens is 3. The Balaban J connectivity index is 2.32. The molecule has 1 heterocycles. The molecule has 0 saturated carbocycles. The molecule has 0 radical (unpaired) electrons. The summed E-state index contributed by atoms with van der Waals surface area (Å²) in [6.07, 6.45) is 2.85. The molecule has 1 N–H and O–H groups in total. The second kappa shape index (κ2) is 6.66. The van der Waals surface area contributed by atoms with Crippen LogP contribution in [-0.2, 0) is 12.8 Å². The topological polar surface area (TPSA) is 42.7 Å². The first-order valence-corrected chi connectivity index (χ1v) is 7.45. The Labute approximate surface area is 121 Å². The van der Waals surface area contributed by atoms with Crippen molar-refractivity contribution in [2.24, 2.45) is 0 Å². The summed E-state index contributed by atoms with van der Waals surface area (Å²) in [7, 11) is 2.00. The molecule has 1 unspecified atom stereocenters. The van der Waals surface area contributed by atoms with Crippen LogP contribution in [0.25, 0.3) is 5.69 Å². The van der Waals surface area contributed by atoms with Crippen LogP contribution in [0, 0.1) is 0 Å². The number of rotatable bonds is 6. The summed E-state index contributed by atoms with van der Waals surface area (Å²) >= 11 is 0. The molecule has 4 heteroatoms. The van der Waals surface area contributed by atoms with Crippen LogP contribution < -0.4 is 5.32 Å². The van der Waals surface area contributed by atoms with Gasteiger partial charge in [-0.1, -0.05) is 32.9 Å². The van der Waals surface area contributed by atoms with Crippen LogP contribution in [0.4, 0.5) is 0 Å². The van der Waals surface area contributed by atoms with Gasteiger partial charge in [-0.2, -0.15) is 5.10 Å². The fourth-order valence-electron chi connectivity index (χ4n) is 2.43. The maximum Gasteiger partial charge on any atom is 0.151 e. The van der Waals surface area contributed by atoms with Gasteiger partial charge < -0.3 is 5.32 Å². The van der Waals surface area contributed by atoms with Crippen LogP contribution in [0.5, 0.6) is 0 Å². The van der Waals surface area contributed by atoms with Crippen molar-refractivity contribution in [3.05, 3.63) is 41.5 Å². The third-order valence-electron chi connectivity index (χ3n) is 3.65. The molecule has 1 aromatic carbocycles. The molecule has 1 aromatic heterocycles. The van der Waals surface area contributed by atoms with Crippen molar-refractivity contribution in [2.75, 3.05) is 7.05 Å². The molecule has 0 amide bonds. The Morgan fingerprint density at radius 1 is 1.10 bits per heavy atom. The predicted molar refractivity (Wildman–Crippen MR) is 82.2 cm³/mol. The number of aryl methyl sites for hydroxylation is 2. The lowest BCUT2D eigenvalue weighted by Crippen LogP contribution is -2.15. The Hall–Kier alpha value is -1.68. The lowest BCUT2D eigenvalue weighted by Gasteiger charge is -2.14. The molecule has 0 fully saturated rings. The number of nitrogens with one attached hydrogen (secondary N) is 1. The largest absolute Gasteiger partial charge is 0.313 e. The minimum Gasteiger partial charge on any atom is -0.313 e. The van der Waals surface area contributed by atoms with Gasteiger partial charge in [0.15, 0.2) is 5.82 Å². The third-order valence-corrected chi connectivity index (χ3v) is 3.65. The van der Waals surface area contributed by atoms with Gasteiger partial charge in [-0.25, -0.2) is 9.67 Å². The summed E-state index contributed by atoms with van der Waals surface area (Å²) in [6, 6.07) is 9.02. The quantitative estimate of drug-likeness (QED) is 0.879. The van der Waals surface area contributed by atoms with E-state index in [2.05, 4.69) is 60.4 Å². The first-order valence-electron chi connectivity index (χ1n) is 7.45. The Morgan fingerprint density at radius 3 is 2.30 bits per heavy atom. The van der Waals surface area contributed by atoms with Crippen LogP contribution in [0.15, 0.2) is 24.3 Å². The fourth-order valence-corrected chi connectivity index (χ4v) is 2.43. The van der Waals surface area contributed by atoms with Crippen molar-refractivity contribution in [2.45, 2.75) is 46.1 Å². The molecule has 0 aliphatic rings. The van der Waals surface area contributed by atoms with Crippen molar-refractivity contribution >= 4 is 0 Å². The summed E-state index contributed by atoms with van der Waals surface area (Å²) < 4.78 is 1.96. The van der Waals surface area contributed by atoms with Crippen molar-refractivity contribution in [1.29, 1.82) is 0 Å². The third kappa shape index (κ3) is 2.90. The second-order valence-corrected chi connectivity index (χ2v) is 4.90. The summed E-state index contributed by atoms with van der Waals surface area (Å²) in [5.41, 5.74) is 2.40. The van der Waals surface area contributed by atoms with Gasteiger partial charge in [0.1, 0.15) is 5.82 Å². The van der Waals surface area contributed by atoms with Crippen LogP contribution >= 0.6 is 0 Å². The zero-order chi connectivity index (χ0) is 14.5. The van der Waals surface area contributed by atoms with Crippen LogP contribution in [0.3, 0.4) is 0 Å². The standard InChI is InChI=1S/C16H24N4/c1-5-14(17-4)12-8-10-13(11-9-12)20-16(7-3)18-15(6-2)19-20/h8-11,14,17H,5-7H2,1-4H3. The monoisotopic (exact) mass is 272 g/mol. The van der Waals surface area contributed by atoms with Crippen molar-refractivity contribution in [3.63, 3.8) is 0 Å². The summed E-state index contributed by atoms with van der Waals surface area (Å²) in [5, 5.41) is 7.90. The number of hydrogen-bond acceptors (Lipinski definition) is 3. The molecule has 20 heavy (non-hydrogen) atoms. The van der Waals surface area contributed by atoms with E-state index >= 15 is 0 Å². The first-order chi connectivity index (χ1) is 9.73. The zero-order valence-electron chi connectivity index (χ0n) is 12.8. The van der Waals surface area contributed by atoms with Gasteiger partial charge in [-0.05, 0) is 31.2 Å². The first kappa shape index (κ1) is 14.7. The zero-order valence-corrected chi connectivity index (χ0v) is 12.8. The molecule has 0 spiro atoms. The van der Waals surface area contributed by atoms with Crippen LogP contribution in [0.1, 0.15) is 50.4 Å². The highest BCUT2D eigenvalue weighted by Gasteiger charge is 2.10. The van der Waals surface area contributed by atoms with Gasteiger partial charge in [-0.3, -0.25) is 0 Å². The highest BCUT2D eigenvalue weighted by atomic mass is 15.3. The molecule has 108 valence electrons. The number of benzene rings is 1. The van der Waals surface area contributed by atoms with E-state index in [1.165, 1.54) is 5.56 Å². The highest BCUT2D eigenvalue weighted by molar-refractivity contribution is 5.36. The van der Waals surface area contributed by atoms with Gasteiger partial charge in [0.25, 0.3) is 0 Å². The molecule has 0 aliphatic carbocycles. The minimum absolute atomic E-state index is 0.414. The average molecular weight is 272 g/mol. The Morgan fingerprint density at radius 2 is 1.80 bits per heavy atom. The van der Waals surface area contributed by atoms with E-state index in [1.54, 1.807) is 0 Å². The molecule has 2 aromatic rings. The predicted octanol–water partition coefficient (Wildman–Crippen LogP) is 3.06. The van der Waals surface area contributed by atoms with Crippen LogP contribution in [-0.4, -0.2) is 21.8 Å². The molecular weight excluding hydrogens is 248 g/mol. The van der Waals surface area contributed by atoms with E-state index < -0.39 is 0 Å².